The summed E-state index contributed by atoms with van der Waals surface area (Å²) in [6, 6.07) is 10.3. The number of nitrogens with zero attached hydrogens (tertiary/aromatic N) is 4. The van der Waals surface area contributed by atoms with Gasteiger partial charge in [-0.15, -0.1) is 0 Å². The van der Waals surface area contributed by atoms with Crippen molar-refractivity contribution in [2.45, 2.75) is 19.2 Å². The Hall–Kier alpha value is -4.29. The molecule has 0 saturated heterocycles. The number of anilines is 2. The molecule has 1 atom stereocenters. The van der Waals surface area contributed by atoms with Gasteiger partial charge in [0.1, 0.15) is 5.82 Å². The molecule has 2 aromatic heterocycles. The van der Waals surface area contributed by atoms with Crippen molar-refractivity contribution in [2.75, 3.05) is 17.2 Å². The number of carbonyl (C=O) groups excluding carboxylic acids is 2. The largest absolute Gasteiger partial charge is 0.417 e. The van der Waals surface area contributed by atoms with Crippen LogP contribution < -0.4 is 10.6 Å². The zero-order chi connectivity index (χ0) is 27.4. The Bertz CT molecular complexity index is 1470. The average Bonchev–Trinajstić information content (AvgIpc) is 3.37. The van der Waals surface area contributed by atoms with Gasteiger partial charge in [-0.05, 0) is 55.5 Å². The van der Waals surface area contributed by atoms with Gasteiger partial charge in [0.15, 0.2) is 5.82 Å². The first-order valence-electron chi connectivity index (χ1n) is 11.1. The van der Waals surface area contributed by atoms with Gasteiger partial charge in [-0.25, -0.2) is 9.97 Å². The van der Waals surface area contributed by atoms with Crippen LogP contribution in [0.4, 0.5) is 24.8 Å². The molecule has 2 heterocycles. The van der Waals surface area contributed by atoms with E-state index in [0.29, 0.717) is 11.9 Å². The van der Waals surface area contributed by atoms with Crippen LogP contribution in [0.3, 0.4) is 0 Å². The lowest BCUT2D eigenvalue weighted by Gasteiger charge is -2.11. The van der Waals surface area contributed by atoms with Gasteiger partial charge in [0.05, 0.1) is 16.7 Å². The van der Waals surface area contributed by atoms with Crippen LogP contribution in [-0.2, 0) is 6.18 Å². The lowest BCUT2D eigenvalue weighted by molar-refractivity contribution is -0.137. The number of carbonyl (C=O) groups is 2. The fourth-order valence-corrected chi connectivity index (χ4v) is 3.61. The minimum absolute atomic E-state index is 0.0720. The van der Waals surface area contributed by atoms with Crippen LogP contribution in [0.25, 0.3) is 5.82 Å². The Morgan fingerprint density at radius 3 is 2.45 bits per heavy atom. The van der Waals surface area contributed by atoms with Crippen LogP contribution in [0.5, 0.6) is 0 Å². The van der Waals surface area contributed by atoms with Gasteiger partial charge in [-0.3, -0.25) is 14.2 Å². The zero-order valence-corrected chi connectivity index (χ0v) is 20.5. The van der Waals surface area contributed by atoms with Crippen molar-refractivity contribution in [3.8, 4) is 5.82 Å². The van der Waals surface area contributed by atoms with Gasteiger partial charge in [-0.1, -0.05) is 11.6 Å². The van der Waals surface area contributed by atoms with E-state index in [1.807, 2.05) is 0 Å². The van der Waals surface area contributed by atoms with Gasteiger partial charge in [0.25, 0.3) is 5.91 Å². The summed E-state index contributed by atoms with van der Waals surface area (Å²) in [5.74, 6) is -0.497. The molecule has 13 heteroatoms. The fraction of sp³-hybridized carbons (Fsp3) is 0.160. The molecule has 9 nitrogen and oxygen atoms in total. The Balaban J connectivity index is 1.49. The number of aromatic nitrogens is 4. The monoisotopic (exact) mass is 544 g/mol. The van der Waals surface area contributed by atoms with Crippen molar-refractivity contribution >= 4 is 34.9 Å². The van der Waals surface area contributed by atoms with E-state index in [1.54, 1.807) is 19.2 Å². The molecule has 0 aliphatic carbocycles. The number of benzene rings is 2. The van der Waals surface area contributed by atoms with Crippen molar-refractivity contribution in [1.29, 1.82) is 0 Å². The molecule has 38 heavy (non-hydrogen) atoms. The summed E-state index contributed by atoms with van der Waals surface area (Å²) in [5.41, 5.74) is -0.820. The van der Waals surface area contributed by atoms with Crippen LogP contribution in [0.1, 0.15) is 39.0 Å². The molecular weight excluding hydrogens is 525 g/mol. The van der Waals surface area contributed by atoms with E-state index >= 15 is 0 Å². The lowest BCUT2D eigenvalue weighted by Crippen LogP contribution is -2.18. The van der Waals surface area contributed by atoms with Crippen molar-refractivity contribution in [2.24, 2.45) is 0 Å². The molecule has 1 amide bonds. The molecule has 4 aromatic rings. The number of amides is 1. The maximum absolute atomic E-state index is 13.1. The number of aliphatic hydroxyl groups excluding tert-OH is 1. The van der Waals surface area contributed by atoms with E-state index in [1.165, 1.54) is 47.3 Å². The molecule has 0 spiro atoms. The highest BCUT2D eigenvalue weighted by molar-refractivity contribution is 6.31. The number of hydrogen-bond acceptors (Lipinski definition) is 7. The van der Waals surface area contributed by atoms with Gasteiger partial charge in [0.2, 0.25) is 11.7 Å². The summed E-state index contributed by atoms with van der Waals surface area (Å²) in [5, 5.41) is 14.3. The first kappa shape index (κ1) is 26.8. The molecule has 3 N–H and O–H groups in total. The van der Waals surface area contributed by atoms with E-state index < -0.39 is 34.6 Å². The summed E-state index contributed by atoms with van der Waals surface area (Å²) in [6.07, 6.45) is -0.818. The lowest BCUT2D eigenvalue weighted by atomic mass is 10.1. The number of imidazole rings is 1. The Morgan fingerprint density at radius 1 is 1.05 bits per heavy atom. The predicted molar refractivity (Wildman–Crippen MR) is 134 cm³/mol. The average molecular weight is 545 g/mol. The van der Waals surface area contributed by atoms with Gasteiger partial charge < -0.3 is 15.7 Å². The second-order valence-electron chi connectivity index (χ2n) is 8.14. The normalized spacial score (nSPS) is 12.2. The Kier molecular flexibility index (Phi) is 7.74. The second-order valence-corrected chi connectivity index (χ2v) is 8.55. The van der Waals surface area contributed by atoms with Crippen molar-refractivity contribution in [1.82, 2.24) is 19.5 Å². The number of ketones is 1. The van der Waals surface area contributed by atoms with Crippen LogP contribution in [0.2, 0.25) is 5.02 Å². The van der Waals surface area contributed by atoms with E-state index in [4.69, 9.17) is 11.6 Å². The molecule has 196 valence electrons. The minimum Gasteiger partial charge on any atom is -0.392 e. The maximum Gasteiger partial charge on any atom is 0.417 e. The molecule has 2 aromatic carbocycles. The number of rotatable bonds is 8. The third-order valence-electron chi connectivity index (χ3n) is 5.23. The fourth-order valence-electron chi connectivity index (χ4n) is 3.38. The molecular formula is C25H20ClF3N6O3. The summed E-state index contributed by atoms with van der Waals surface area (Å²) in [4.78, 5) is 38.2. The maximum atomic E-state index is 13.1. The Morgan fingerprint density at radius 2 is 1.76 bits per heavy atom. The molecule has 0 fully saturated rings. The number of aliphatic hydroxyl groups is 1. The SMILES string of the molecule is CC(O)CNc1nccc(-n2ccnc2C(=O)c2ccc(NC(=O)c3ccc(Cl)c(C(F)(F)F)c3)cc2)n1. The highest BCUT2D eigenvalue weighted by Gasteiger charge is 2.33. The summed E-state index contributed by atoms with van der Waals surface area (Å²) < 4.78 is 40.8. The molecule has 0 aliphatic rings. The van der Waals surface area contributed by atoms with Crippen molar-refractivity contribution in [3.63, 3.8) is 0 Å². The molecule has 0 radical (unpaired) electrons. The molecule has 0 aliphatic heterocycles. The topological polar surface area (TPSA) is 122 Å². The first-order valence-corrected chi connectivity index (χ1v) is 11.5. The summed E-state index contributed by atoms with van der Waals surface area (Å²) in [6.45, 7) is 1.85. The first-order chi connectivity index (χ1) is 18.0. The van der Waals surface area contributed by atoms with E-state index in [2.05, 4.69) is 25.6 Å². The smallest absolute Gasteiger partial charge is 0.392 e. The van der Waals surface area contributed by atoms with E-state index in [-0.39, 0.29) is 35.1 Å². The van der Waals surface area contributed by atoms with Crippen LogP contribution in [0.15, 0.2) is 67.1 Å². The predicted octanol–water partition coefficient (Wildman–Crippen LogP) is 4.61. The van der Waals surface area contributed by atoms with Crippen LogP contribution >= 0.6 is 11.6 Å². The van der Waals surface area contributed by atoms with Crippen LogP contribution in [-0.4, -0.2) is 49.0 Å². The molecule has 0 bridgehead atoms. The summed E-state index contributed by atoms with van der Waals surface area (Å²) >= 11 is 5.61. The number of hydrogen-bond donors (Lipinski definition) is 3. The third kappa shape index (κ3) is 6.15. The third-order valence-corrected chi connectivity index (χ3v) is 5.56. The second kappa shape index (κ2) is 11.0. The van der Waals surface area contributed by atoms with Gasteiger partial charge in [0, 0.05) is 41.9 Å². The highest BCUT2D eigenvalue weighted by atomic mass is 35.5. The summed E-state index contributed by atoms with van der Waals surface area (Å²) in [7, 11) is 0. The van der Waals surface area contributed by atoms with E-state index in [0.717, 1.165) is 6.07 Å². The molecule has 4 rings (SSSR count). The van der Waals surface area contributed by atoms with Crippen LogP contribution in [0, 0.1) is 0 Å². The highest BCUT2D eigenvalue weighted by Crippen LogP contribution is 2.35. The minimum atomic E-state index is -4.71. The quantitative estimate of drug-likeness (QED) is 0.277. The standard InChI is InChI=1S/C25H20ClF3N6O3/c1-14(36)13-32-24-31-9-8-20(34-24)35-11-10-30-22(35)21(37)15-2-5-17(6-3-15)33-23(38)16-4-7-19(26)18(12-16)25(27,28)29/h2-12,14,36H,13H2,1H3,(H,33,38)(H,31,32,34). The number of nitrogens with one attached hydrogen (secondary N) is 2. The van der Waals surface area contributed by atoms with Crippen molar-refractivity contribution < 1.29 is 27.9 Å². The van der Waals surface area contributed by atoms with E-state index in [9.17, 15) is 27.9 Å². The number of halogens is 4. The molecule has 0 saturated carbocycles. The zero-order valence-electron chi connectivity index (χ0n) is 19.7. The number of alkyl halides is 3. The van der Waals surface area contributed by atoms with Crippen molar-refractivity contribution in [3.05, 3.63) is 94.7 Å². The molecule has 1 unspecified atom stereocenters. The van der Waals surface area contributed by atoms with Gasteiger partial charge in [-0.2, -0.15) is 18.2 Å². The van der Waals surface area contributed by atoms with Gasteiger partial charge >= 0.3 is 6.18 Å². The Labute approximate surface area is 219 Å².